The summed E-state index contributed by atoms with van der Waals surface area (Å²) in [6.07, 6.45) is 0. The van der Waals surface area contributed by atoms with Gasteiger partial charge in [-0.3, -0.25) is 0 Å². The van der Waals surface area contributed by atoms with Gasteiger partial charge >= 0.3 is 0 Å². The molecule has 0 aromatic heterocycles. The molecule has 1 rings (SSSR count). The van der Waals surface area contributed by atoms with Crippen LogP contribution in [-0.2, 0) is 10.0 Å². The van der Waals surface area contributed by atoms with Crippen molar-refractivity contribution in [2.24, 2.45) is 0 Å². The third kappa shape index (κ3) is 3.11. The van der Waals surface area contributed by atoms with Gasteiger partial charge in [-0.2, -0.15) is 0 Å². The van der Waals surface area contributed by atoms with Gasteiger partial charge in [0.05, 0.1) is 4.90 Å². The van der Waals surface area contributed by atoms with Crippen LogP contribution in [0.5, 0.6) is 0 Å². The largest absolute Gasteiger partial charge is 0.240 e. The van der Waals surface area contributed by atoms with Crippen molar-refractivity contribution >= 4 is 10.0 Å². The first-order valence-electron chi connectivity index (χ1n) is 4.42. The molecule has 0 spiro atoms. The van der Waals surface area contributed by atoms with E-state index in [0.29, 0.717) is 11.6 Å². The van der Waals surface area contributed by atoms with E-state index in [0.717, 1.165) is 12.1 Å². The maximum atomic E-state index is 12.8. The summed E-state index contributed by atoms with van der Waals surface area (Å²) in [5.41, 5.74) is 0.617. The van der Waals surface area contributed by atoms with Crippen LogP contribution in [0.2, 0.25) is 0 Å². The van der Waals surface area contributed by atoms with Gasteiger partial charge in [0.1, 0.15) is 0 Å². The zero-order chi connectivity index (χ0) is 12.3. The first kappa shape index (κ1) is 12.8. The lowest BCUT2D eigenvalue weighted by molar-refractivity contribution is 0.504. The molecule has 0 atom stereocenters. The fourth-order valence-corrected chi connectivity index (χ4v) is 2.05. The summed E-state index contributed by atoms with van der Waals surface area (Å²) in [5.74, 6) is -2.28. The molecule has 1 N–H and O–H groups in total. The van der Waals surface area contributed by atoms with Crippen LogP contribution in [0, 0.1) is 11.6 Å². The highest BCUT2D eigenvalue weighted by atomic mass is 32.2. The van der Waals surface area contributed by atoms with Crippen LogP contribution in [0.1, 0.15) is 6.92 Å². The molecule has 0 aliphatic rings. The molecule has 0 fully saturated rings. The second-order valence-corrected chi connectivity index (χ2v) is 5.12. The molecular weight excluding hydrogens is 236 g/mol. The SMILES string of the molecule is C=C(C)CNS(=O)(=O)c1ccc(F)c(F)c1. The normalized spacial score (nSPS) is 11.4. The predicted molar refractivity (Wildman–Crippen MR) is 56.4 cm³/mol. The van der Waals surface area contributed by atoms with Crippen LogP contribution in [0.3, 0.4) is 0 Å². The highest BCUT2D eigenvalue weighted by Crippen LogP contribution is 2.13. The topological polar surface area (TPSA) is 46.2 Å². The van der Waals surface area contributed by atoms with Gasteiger partial charge in [-0.25, -0.2) is 21.9 Å². The molecule has 0 amide bonds. The minimum absolute atomic E-state index is 0.0569. The zero-order valence-electron chi connectivity index (χ0n) is 8.63. The number of sulfonamides is 1. The number of benzene rings is 1. The molecule has 0 radical (unpaired) electrons. The summed E-state index contributed by atoms with van der Waals surface area (Å²) in [6.45, 7) is 5.23. The van der Waals surface area contributed by atoms with Crippen LogP contribution in [0.15, 0.2) is 35.2 Å². The number of hydrogen-bond donors (Lipinski definition) is 1. The van der Waals surface area contributed by atoms with Crippen LogP contribution >= 0.6 is 0 Å². The molecule has 3 nitrogen and oxygen atoms in total. The Morgan fingerprint density at radius 1 is 1.38 bits per heavy atom. The minimum Gasteiger partial charge on any atom is -0.207 e. The Kier molecular flexibility index (Phi) is 3.77. The molecule has 0 aliphatic carbocycles. The van der Waals surface area contributed by atoms with Crippen molar-refractivity contribution < 1.29 is 17.2 Å². The molecule has 0 saturated carbocycles. The lowest BCUT2D eigenvalue weighted by Gasteiger charge is -2.06. The van der Waals surface area contributed by atoms with E-state index in [1.54, 1.807) is 6.92 Å². The first-order valence-corrected chi connectivity index (χ1v) is 5.90. The third-order valence-electron chi connectivity index (χ3n) is 1.77. The molecular formula is C10H11F2NO2S. The highest BCUT2D eigenvalue weighted by Gasteiger charge is 2.15. The molecule has 16 heavy (non-hydrogen) atoms. The van der Waals surface area contributed by atoms with Crippen molar-refractivity contribution in [1.82, 2.24) is 4.72 Å². The average Bonchev–Trinajstić information content (AvgIpc) is 2.19. The van der Waals surface area contributed by atoms with E-state index in [-0.39, 0.29) is 11.4 Å². The van der Waals surface area contributed by atoms with E-state index < -0.39 is 21.7 Å². The van der Waals surface area contributed by atoms with Gasteiger partial charge in [-0.15, -0.1) is 0 Å². The minimum atomic E-state index is -3.81. The summed E-state index contributed by atoms with van der Waals surface area (Å²) >= 11 is 0. The highest BCUT2D eigenvalue weighted by molar-refractivity contribution is 7.89. The van der Waals surface area contributed by atoms with Crippen molar-refractivity contribution in [2.75, 3.05) is 6.54 Å². The fraction of sp³-hybridized carbons (Fsp3) is 0.200. The monoisotopic (exact) mass is 247 g/mol. The molecule has 0 bridgehead atoms. The summed E-state index contributed by atoms with van der Waals surface area (Å²) < 4.78 is 50.7. The number of rotatable bonds is 4. The summed E-state index contributed by atoms with van der Waals surface area (Å²) in [7, 11) is -3.81. The van der Waals surface area contributed by atoms with Gasteiger partial charge in [-0.05, 0) is 25.1 Å². The number of nitrogens with one attached hydrogen (secondary N) is 1. The molecule has 0 heterocycles. The Morgan fingerprint density at radius 2 is 2.00 bits per heavy atom. The van der Waals surface area contributed by atoms with Crippen molar-refractivity contribution in [3.63, 3.8) is 0 Å². The van der Waals surface area contributed by atoms with Crippen molar-refractivity contribution in [2.45, 2.75) is 11.8 Å². The van der Waals surface area contributed by atoms with E-state index in [2.05, 4.69) is 11.3 Å². The molecule has 0 aliphatic heterocycles. The Bertz CT molecular complexity index is 512. The Morgan fingerprint density at radius 3 is 2.50 bits per heavy atom. The van der Waals surface area contributed by atoms with E-state index >= 15 is 0 Å². The molecule has 88 valence electrons. The van der Waals surface area contributed by atoms with Gasteiger partial charge in [0, 0.05) is 6.54 Å². The second kappa shape index (κ2) is 4.71. The van der Waals surface area contributed by atoms with Gasteiger partial charge in [0.15, 0.2) is 11.6 Å². The summed E-state index contributed by atoms with van der Waals surface area (Å²) in [4.78, 5) is -0.312. The Hall–Kier alpha value is -1.27. The van der Waals surface area contributed by atoms with Gasteiger partial charge in [-0.1, -0.05) is 12.2 Å². The van der Waals surface area contributed by atoms with Crippen LogP contribution in [0.25, 0.3) is 0 Å². The van der Waals surface area contributed by atoms with Crippen molar-refractivity contribution in [3.05, 3.63) is 42.0 Å². The van der Waals surface area contributed by atoms with Crippen LogP contribution in [-0.4, -0.2) is 15.0 Å². The van der Waals surface area contributed by atoms with Crippen molar-refractivity contribution in [1.29, 1.82) is 0 Å². The molecule has 1 aromatic rings. The second-order valence-electron chi connectivity index (χ2n) is 3.36. The summed E-state index contributed by atoms with van der Waals surface area (Å²) in [6, 6.07) is 2.40. The Labute approximate surface area is 92.8 Å². The maximum absolute atomic E-state index is 12.8. The smallest absolute Gasteiger partial charge is 0.207 e. The molecule has 0 unspecified atom stereocenters. The molecule has 0 saturated heterocycles. The van der Waals surface area contributed by atoms with E-state index in [9.17, 15) is 17.2 Å². The van der Waals surface area contributed by atoms with Gasteiger partial charge in [0.2, 0.25) is 10.0 Å². The van der Waals surface area contributed by atoms with Gasteiger partial charge in [0.25, 0.3) is 0 Å². The number of halogens is 2. The quantitative estimate of drug-likeness (QED) is 0.825. The first-order chi connectivity index (χ1) is 7.33. The average molecular weight is 247 g/mol. The van der Waals surface area contributed by atoms with E-state index in [4.69, 9.17) is 0 Å². The van der Waals surface area contributed by atoms with E-state index in [1.165, 1.54) is 0 Å². The molecule has 1 aromatic carbocycles. The van der Waals surface area contributed by atoms with Crippen molar-refractivity contribution in [3.8, 4) is 0 Å². The summed E-state index contributed by atoms with van der Waals surface area (Å²) in [5, 5.41) is 0. The van der Waals surface area contributed by atoms with Crippen LogP contribution in [0.4, 0.5) is 8.78 Å². The number of hydrogen-bond acceptors (Lipinski definition) is 2. The standard InChI is InChI=1S/C10H11F2NO2S/c1-7(2)6-13-16(14,15)8-3-4-9(11)10(12)5-8/h3-5,13H,1,6H2,2H3. The maximum Gasteiger partial charge on any atom is 0.240 e. The fourth-order valence-electron chi connectivity index (χ4n) is 0.946. The van der Waals surface area contributed by atoms with Gasteiger partial charge < -0.3 is 0 Å². The lowest BCUT2D eigenvalue weighted by atomic mass is 10.3. The Balaban J connectivity index is 2.99. The van der Waals surface area contributed by atoms with Crippen LogP contribution < -0.4 is 4.72 Å². The molecule has 6 heteroatoms. The zero-order valence-corrected chi connectivity index (χ0v) is 9.44. The lowest BCUT2D eigenvalue weighted by Crippen LogP contribution is -2.25. The third-order valence-corrected chi connectivity index (χ3v) is 3.16. The predicted octanol–water partition coefficient (Wildman–Crippen LogP) is 1.82. The van der Waals surface area contributed by atoms with E-state index in [1.807, 2.05) is 0 Å².